The van der Waals surface area contributed by atoms with E-state index in [2.05, 4.69) is 52.9 Å². The van der Waals surface area contributed by atoms with Crippen molar-refractivity contribution < 1.29 is 19.2 Å². The summed E-state index contributed by atoms with van der Waals surface area (Å²) in [4.78, 5) is 22.9. The van der Waals surface area contributed by atoms with Crippen LogP contribution in [0.1, 0.15) is 52.7 Å². The van der Waals surface area contributed by atoms with Crippen molar-refractivity contribution in [2.45, 2.75) is 52.4 Å². The molecule has 2 rings (SSSR count). The highest BCUT2D eigenvalue weighted by Crippen LogP contribution is 2.35. The van der Waals surface area contributed by atoms with E-state index in [1.807, 2.05) is 12.1 Å². The quantitative estimate of drug-likeness (QED) is 0.517. The van der Waals surface area contributed by atoms with E-state index in [-0.39, 0.29) is 28.8 Å². The minimum absolute atomic E-state index is 0.00547. The van der Waals surface area contributed by atoms with E-state index in [9.17, 15) is 14.9 Å². The molecule has 0 radical (unpaired) electrons. The summed E-state index contributed by atoms with van der Waals surface area (Å²) in [5.74, 6) is 0.532. The zero-order valence-electron chi connectivity index (χ0n) is 18.7. The van der Waals surface area contributed by atoms with E-state index in [1.165, 1.54) is 30.9 Å². The molecule has 0 fully saturated rings. The zero-order valence-corrected chi connectivity index (χ0v) is 18.7. The standard InChI is InChI=1S/C23H30N2O5/c1-22(2,3)15-8-10-19(17(12-15)23(4,5)6)30-14-21(26)24-18-13-16(25(27)28)9-11-20(18)29-7/h8-13H,14H2,1-7H3,(H,24,26). The van der Waals surface area contributed by atoms with Gasteiger partial charge in [-0.2, -0.15) is 0 Å². The maximum atomic E-state index is 12.5. The summed E-state index contributed by atoms with van der Waals surface area (Å²) in [5, 5.41) is 13.6. The number of rotatable bonds is 6. The van der Waals surface area contributed by atoms with Crippen LogP contribution in [0.5, 0.6) is 11.5 Å². The highest BCUT2D eigenvalue weighted by Gasteiger charge is 2.23. The second-order valence-corrected chi connectivity index (χ2v) is 9.19. The van der Waals surface area contributed by atoms with Crippen LogP contribution >= 0.6 is 0 Å². The molecule has 0 aliphatic carbocycles. The van der Waals surface area contributed by atoms with Crippen LogP contribution in [0, 0.1) is 10.1 Å². The molecule has 1 N–H and O–H groups in total. The molecule has 0 unspecified atom stereocenters. The number of nitro groups is 1. The summed E-state index contributed by atoms with van der Waals surface area (Å²) in [6, 6.07) is 10.0. The summed E-state index contributed by atoms with van der Waals surface area (Å²) in [6.07, 6.45) is 0. The van der Waals surface area contributed by atoms with Crippen molar-refractivity contribution in [2.24, 2.45) is 0 Å². The second kappa shape index (κ2) is 8.73. The van der Waals surface area contributed by atoms with Gasteiger partial charge in [0.25, 0.3) is 11.6 Å². The lowest BCUT2D eigenvalue weighted by atomic mass is 9.80. The van der Waals surface area contributed by atoms with Crippen molar-refractivity contribution in [2.75, 3.05) is 19.0 Å². The molecule has 30 heavy (non-hydrogen) atoms. The molecule has 0 atom stereocenters. The van der Waals surface area contributed by atoms with Crippen molar-refractivity contribution in [1.82, 2.24) is 0 Å². The first kappa shape index (κ1) is 23.2. The number of anilines is 1. The molecular formula is C23H30N2O5. The number of carbonyl (C=O) groups excluding carboxylic acids is 1. The summed E-state index contributed by atoms with van der Waals surface area (Å²) in [6.45, 7) is 12.5. The van der Waals surface area contributed by atoms with Crippen LogP contribution in [-0.2, 0) is 15.6 Å². The Hall–Kier alpha value is -3.09. The van der Waals surface area contributed by atoms with E-state index >= 15 is 0 Å². The van der Waals surface area contributed by atoms with E-state index < -0.39 is 10.8 Å². The van der Waals surface area contributed by atoms with Gasteiger partial charge in [-0.05, 0) is 34.1 Å². The van der Waals surface area contributed by atoms with Gasteiger partial charge >= 0.3 is 0 Å². The van der Waals surface area contributed by atoms with Crippen LogP contribution in [0.15, 0.2) is 36.4 Å². The number of methoxy groups -OCH3 is 1. The molecule has 0 bridgehead atoms. The largest absolute Gasteiger partial charge is 0.495 e. The normalized spacial score (nSPS) is 11.7. The van der Waals surface area contributed by atoms with Gasteiger partial charge in [-0.15, -0.1) is 0 Å². The number of amides is 1. The molecule has 0 saturated heterocycles. The number of non-ortho nitro benzene ring substituents is 1. The van der Waals surface area contributed by atoms with Crippen LogP contribution in [0.4, 0.5) is 11.4 Å². The zero-order chi connectivity index (χ0) is 22.7. The van der Waals surface area contributed by atoms with E-state index in [0.717, 1.165) is 5.56 Å². The maximum Gasteiger partial charge on any atom is 0.271 e. The van der Waals surface area contributed by atoms with Gasteiger partial charge in [0.1, 0.15) is 11.5 Å². The van der Waals surface area contributed by atoms with Gasteiger partial charge in [-0.1, -0.05) is 53.7 Å². The average Bonchev–Trinajstić information content (AvgIpc) is 2.64. The number of hydrogen-bond donors (Lipinski definition) is 1. The predicted molar refractivity (Wildman–Crippen MR) is 118 cm³/mol. The van der Waals surface area contributed by atoms with Crippen molar-refractivity contribution in [3.63, 3.8) is 0 Å². The molecule has 2 aromatic carbocycles. The fraction of sp³-hybridized carbons (Fsp3) is 0.435. The number of nitro benzene ring substituents is 1. The molecule has 0 saturated carbocycles. The van der Waals surface area contributed by atoms with Gasteiger partial charge < -0.3 is 14.8 Å². The summed E-state index contributed by atoms with van der Waals surface area (Å²) in [7, 11) is 1.43. The topological polar surface area (TPSA) is 90.7 Å². The van der Waals surface area contributed by atoms with Crippen LogP contribution in [0.3, 0.4) is 0 Å². The van der Waals surface area contributed by atoms with E-state index in [4.69, 9.17) is 9.47 Å². The fourth-order valence-corrected chi connectivity index (χ4v) is 2.95. The van der Waals surface area contributed by atoms with Crippen molar-refractivity contribution >= 4 is 17.3 Å². The van der Waals surface area contributed by atoms with Crippen LogP contribution in [0.2, 0.25) is 0 Å². The lowest BCUT2D eigenvalue weighted by Crippen LogP contribution is -2.23. The molecule has 0 aliphatic heterocycles. The highest BCUT2D eigenvalue weighted by molar-refractivity contribution is 5.93. The molecule has 2 aromatic rings. The summed E-state index contributed by atoms with van der Waals surface area (Å²) in [5.41, 5.74) is 2.10. The monoisotopic (exact) mass is 414 g/mol. The molecule has 0 spiro atoms. The Bertz CT molecular complexity index is 940. The third-order valence-electron chi connectivity index (χ3n) is 4.68. The fourth-order valence-electron chi connectivity index (χ4n) is 2.95. The van der Waals surface area contributed by atoms with Crippen molar-refractivity contribution in [1.29, 1.82) is 0 Å². The number of nitrogens with one attached hydrogen (secondary N) is 1. The van der Waals surface area contributed by atoms with Gasteiger partial charge in [0, 0.05) is 12.1 Å². The van der Waals surface area contributed by atoms with Crippen LogP contribution in [-0.4, -0.2) is 24.5 Å². The SMILES string of the molecule is COc1ccc([N+](=O)[O-])cc1NC(=O)COc1ccc(C(C)(C)C)cc1C(C)(C)C. The lowest BCUT2D eigenvalue weighted by Gasteiger charge is -2.27. The predicted octanol–water partition coefficient (Wildman–Crippen LogP) is 5.22. The van der Waals surface area contributed by atoms with Gasteiger partial charge in [0.05, 0.1) is 17.7 Å². The molecule has 0 aliphatic rings. The first-order valence-electron chi connectivity index (χ1n) is 9.73. The first-order chi connectivity index (χ1) is 13.8. The number of hydrogen-bond acceptors (Lipinski definition) is 5. The van der Waals surface area contributed by atoms with Crippen molar-refractivity contribution in [3.8, 4) is 11.5 Å². The van der Waals surface area contributed by atoms with Crippen LogP contribution < -0.4 is 14.8 Å². The van der Waals surface area contributed by atoms with Gasteiger partial charge in [-0.25, -0.2) is 0 Å². The van der Waals surface area contributed by atoms with Gasteiger partial charge in [-0.3, -0.25) is 14.9 Å². The Morgan fingerprint density at radius 2 is 1.63 bits per heavy atom. The maximum absolute atomic E-state index is 12.5. The minimum Gasteiger partial charge on any atom is -0.495 e. The van der Waals surface area contributed by atoms with Crippen LogP contribution in [0.25, 0.3) is 0 Å². The summed E-state index contributed by atoms with van der Waals surface area (Å²) >= 11 is 0. The minimum atomic E-state index is -0.530. The first-order valence-corrected chi connectivity index (χ1v) is 9.73. The third-order valence-corrected chi connectivity index (χ3v) is 4.68. The molecular weight excluding hydrogens is 384 g/mol. The third kappa shape index (κ3) is 5.72. The number of benzene rings is 2. The molecule has 1 amide bonds. The Kier molecular flexibility index (Phi) is 6.75. The highest BCUT2D eigenvalue weighted by atomic mass is 16.6. The number of ether oxygens (including phenoxy) is 2. The van der Waals surface area contributed by atoms with E-state index in [0.29, 0.717) is 11.5 Å². The second-order valence-electron chi connectivity index (χ2n) is 9.19. The Morgan fingerprint density at radius 3 is 2.17 bits per heavy atom. The average molecular weight is 415 g/mol. The van der Waals surface area contributed by atoms with Gasteiger partial charge in [0.15, 0.2) is 6.61 Å². The Morgan fingerprint density at radius 1 is 1.00 bits per heavy atom. The number of nitrogens with zero attached hydrogens (tertiary/aromatic N) is 1. The summed E-state index contributed by atoms with van der Waals surface area (Å²) < 4.78 is 11.0. The molecule has 0 aromatic heterocycles. The molecule has 7 heteroatoms. The van der Waals surface area contributed by atoms with E-state index in [1.54, 1.807) is 0 Å². The molecule has 0 heterocycles. The van der Waals surface area contributed by atoms with Crippen molar-refractivity contribution in [3.05, 3.63) is 57.6 Å². The Labute approximate surface area is 177 Å². The van der Waals surface area contributed by atoms with Gasteiger partial charge in [0.2, 0.25) is 0 Å². The number of carbonyl (C=O) groups is 1. The smallest absolute Gasteiger partial charge is 0.271 e. The lowest BCUT2D eigenvalue weighted by molar-refractivity contribution is -0.384. The molecule has 162 valence electrons. The molecule has 7 nitrogen and oxygen atoms in total. The Balaban J connectivity index is 2.21.